The molecular weight excluding hydrogens is 949 g/mol. The molecule has 0 fully saturated rings. The summed E-state index contributed by atoms with van der Waals surface area (Å²) in [6.45, 7) is 0. The lowest BCUT2D eigenvalue weighted by atomic mass is 9.96. The van der Waals surface area contributed by atoms with E-state index in [0.29, 0.717) is 0 Å². The number of fused-ring (bicyclic) bond motifs is 15. The van der Waals surface area contributed by atoms with Gasteiger partial charge in [0.25, 0.3) is 0 Å². The Kier molecular flexibility index (Phi) is 9.21. The summed E-state index contributed by atoms with van der Waals surface area (Å²) in [4.78, 5) is 5.75. The van der Waals surface area contributed by atoms with Crippen LogP contribution in [-0.2, 0) is 6.42 Å². The third kappa shape index (κ3) is 6.34. The van der Waals surface area contributed by atoms with E-state index >= 15 is 0 Å². The van der Waals surface area contributed by atoms with Crippen molar-refractivity contribution in [2.75, 3.05) is 0 Å². The van der Waals surface area contributed by atoms with Gasteiger partial charge in [0.2, 0.25) is 0 Å². The predicted molar refractivity (Wildman–Crippen MR) is 326 cm³/mol. The third-order valence-corrected chi connectivity index (χ3v) is 16.8. The van der Waals surface area contributed by atoms with Crippen molar-refractivity contribution >= 4 is 115 Å². The van der Waals surface area contributed by atoms with Gasteiger partial charge in [-0.2, -0.15) is 0 Å². The van der Waals surface area contributed by atoms with Crippen LogP contribution in [0.4, 0.5) is 0 Å². The van der Waals surface area contributed by atoms with Crippen LogP contribution in [-0.4, -0.2) is 23.3 Å². The van der Waals surface area contributed by atoms with Gasteiger partial charge in [0.05, 0.1) is 56.0 Å². The molecule has 10 aromatic carbocycles. The quantitative estimate of drug-likeness (QED) is 0.180. The average Bonchev–Trinajstić information content (AvgIpc) is 4.24. The van der Waals surface area contributed by atoms with Gasteiger partial charge in [0.1, 0.15) is 11.6 Å². The standard InChI is InChI=1S/C72H48N6/c1-3-19-47-39-49(35-33-45(47)17-1)60-41-51(42-61(73-60)50-36-34-46-18-2-4-20-48(46)40-50)76-62-27-11-9-25-57(62)58-37-38-68-71(72(58)76)59-26-10-16-32-67(59)75(68)52-43-69(77-63-28-12-5-21-53(63)54-22-6-13-29-64(54)77)74-70(44-52)78-65-30-14-7-23-55(65)56-24-8-15-31-66(56)78/h1-7,9-23,25-44,60,73H,8,24H2. The molecule has 2 aliphatic rings. The van der Waals surface area contributed by atoms with Gasteiger partial charge in [-0.05, 0) is 118 Å². The van der Waals surface area contributed by atoms with Crippen molar-refractivity contribution in [3.05, 3.63) is 271 Å². The summed E-state index contributed by atoms with van der Waals surface area (Å²) in [5.41, 5.74) is 16.1. The van der Waals surface area contributed by atoms with E-state index in [1.807, 2.05) is 0 Å². The zero-order chi connectivity index (χ0) is 51.0. The van der Waals surface area contributed by atoms with E-state index in [0.717, 1.165) is 80.2 Å². The van der Waals surface area contributed by atoms with Gasteiger partial charge in [-0.3, -0.25) is 9.13 Å². The number of dihydropyridines is 1. The van der Waals surface area contributed by atoms with Gasteiger partial charge < -0.3 is 14.5 Å². The molecule has 366 valence electrons. The molecule has 78 heavy (non-hydrogen) atoms. The molecule has 17 rings (SSSR count). The van der Waals surface area contributed by atoms with Gasteiger partial charge in [-0.15, -0.1) is 0 Å². The Labute approximate surface area is 449 Å². The van der Waals surface area contributed by atoms with E-state index in [4.69, 9.17) is 4.98 Å². The van der Waals surface area contributed by atoms with Crippen molar-refractivity contribution in [3.8, 4) is 17.3 Å². The second-order valence-electron chi connectivity index (χ2n) is 21.1. The maximum absolute atomic E-state index is 5.75. The van der Waals surface area contributed by atoms with Crippen molar-refractivity contribution in [1.82, 2.24) is 28.6 Å². The summed E-state index contributed by atoms with van der Waals surface area (Å²) < 4.78 is 9.81. The highest BCUT2D eigenvalue weighted by Gasteiger charge is 2.27. The summed E-state index contributed by atoms with van der Waals surface area (Å²) in [7, 11) is 0. The van der Waals surface area contributed by atoms with Crippen LogP contribution >= 0.6 is 0 Å². The SMILES string of the molecule is C1=Cc2c(c3ccccc3n2-c2cc(-n3c4ccccc4c4c5c(ccc43)c3ccccc3n5C3=CC(c4ccc5ccccc5c4)NC(c4ccc5ccccc5c4)=C3)cc(-n3c4ccccc4c4ccccc43)n2)CC1. The molecule has 1 aliphatic carbocycles. The Bertz CT molecular complexity index is 5090. The van der Waals surface area contributed by atoms with Gasteiger partial charge in [0.15, 0.2) is 0 Å². The van der Waals surface area contributed by atoms with Crippen LogP contribution in [0.1, 0.15) is 34.8 Å². The molecule has 0 saturated heterocycles. The maximum Gasteiger partial charge on any atom is 0.142 e. The number of nitrogens with zero attached hydrogens (tertiary/aromatic N) is 5. The van der Waals surface area contributed by atoms with Gasteiger partial charge >= 0.3 is 0 Å². The fraction of sp³-hybridized carbons (Fsp3) is 0.0417. The van der Waals surface area contributed by atoms with Crippen molar-refractivity contribution in [2.45, 2.75) is 18.9 Å². The molecule has 6 heteroatoms. The number of aromatic nitrogens is 5. The summed E-state index contributed by atoms with van der Waals surface area (Å²) in [6, 6.07) is 84.5. The molecule has 1 N–H and O–H groups in total. The Morgan fingerprint density at radius 3 is 1.68 bits per heavy atom. The van der Waals surface area contributed by atoms with Crippen LogP contribution in [0, 0.1) is 0 Å². The summed E-state index contributed by atoms with van der Waals surface area (Å²) >= 11 is 0. The number of hydrogen-bond donors (Lipinski definition) is 1. The van der Waals surface area contributed by atoms with Crippen LogP contribution in [0.25, 0.3) is 133 Å². The number of aryl methyl sites for hydroxylation is 1. The topological polar surface area (TPSA) is 44.6 Å². The molecule has 0 amide bonds. The zero-order valence-electron chi connectivity index (χ0n) is 42.5. The first-order chi connectivity index (χ1) is 38.7. The lowest BCUT2D eigenvalue weighted by molar-refractivity contribution is 0.763. The highest BCUT2D eigenvalue weighted by molar-refractivity contribution is 6.27. The zero-order valence-corrected chi connectivity index (χ0v) is 42.5. The molecule has 5 aromatic heterocycles. The van der Waals surface area contributed by atoms with Crippen molar-refractivity contribution in [2.24, 2.45) is 0 Å². The molecule has 1 atom stereocenters. The lowest BCUT2D eigenvalue weighted by Crippen LogP contribution is -2.22. The number of benzene rings is 10. The number of para-hydroxylation sites is 5. The monoisotopic (exact) mass is 996 g/mol. The summed E-state index contributed by atoms with van der Waals surface area (Å²) in [6.07, 6.45) is 11.4. The molecule has 15 aromatic rings. The van der Waals surface area contributed by atoms with Gasteiger partial charge in [-0.25, -0.2) is 4.98 Å². The normalized spacial score (nSPS) is 14.6. The van der Waals surface area contributed by atoms with E-state index < -0.39 is 0 Å². The van der Waals surface area contributed by atoms with Crippen LogP contribution in [0.15, 0.2) is 249 Å². The van der Waals surface area contributed by atoms with E-state index in [1.165, 1.54) is 81.6 Å². The van der Waals surface area contributed by atoms with Crippen molar-refractivity contribution in [3.63, 3.8) is 0 Å². The fourth-order valence-corrected chi connectivity index (χ4v) is 13.4. The van der Waals surface area contributed by atoms with Crippen LogP contribution < -0.4 is 5.32 Å². The predicted octanol–water partition coefficient (Wildman–Crippen LogP) is 17.8. The Hall–Kier alpha value is -10.2. The second kappa shape index (κ2) is 16.7. The van der Waals surface area contributed by atoms with Crippen LogP contribution in [0.2, 0.25) is 0 Å². The van der Waals surface area contributed by atoms with E-state index in [2.05, 4.69) is 278 Å². The number of hydrogen-bond acceptors (Lipinski definition) is 2. The number of nitrogens with one attached hydrogen (secondary N) is 1. The molecule has 6 nitrogen and oxygen atoms in total. The van der Waals surface area contributed by atoms with Gasteiger partial charge in [-0.1, -0.05) is 176 Å². The minimum Gasteiger partial charge on any atom is -0.374 e. The minimum atomic E-state index is -0.118. The number of allylic oxidation sites excluding steroid dienone is 3. The highest BCUT2D eigenvalue weighted by Crippen LogP contribution is 2.45. The molecule has 0 radical (unpaired) electrons. The molecular formula is C72H48N6. The highest BCUT2D eigenvalue weighted by atomic mass is 15.2. The summed E-state index contributed by atoms with van der Waals surface area (Å²) in [5.74, 6) is 1.73. The van der Waals surface area contributed by atoms with Crippen molar-refractivity contribution < 1.29 is 0 Å². The second-order valence-corrected chi connectivity index (χ2v) is 21.1. The molecule has 6 heterocycles. The maximum atomic E-state index is 5.75. The lowest BCUT2D eigenvalue weighted by Gasteiger charge is -2.27. The van der Waals surface area contributed by atoms with Crippen molar-refractivity contribution in [1.29, 1.82) is 0 Å². The largest absolute Gasteiger partial charge is 0.374 e. The Balaban J connectivity index is 0.961. The molecule has 1 aliphatic heterocycles. The first kappa shape index (κ1) is 43.1. The molecule has 0 spiro atoms. The molecule has 0 saturated carbocycles. The third-order valence-electron chi connectivity index (χ3n) is 16.8. The first-order valence-electron chi connectivity index (χ1n) is 27.1. The Morgan fingerprint density at radius 2 is 0.974 bits per heavy atom. The van der Waals surface area contributed by atoms with E-state index in [1.54, 1.807) is 0 Å². The van der Waals surface area contributed by atoms with Crippen LogP contribution in [0.5, 0.6) is 0 Å². The van der Waals surface area contributed by atoms with E-state index in [-0.39, 0.29) is 6.04 Å². The fourth-order valence-electron chi connectivity index (χ4n) is 13.4. The van der Waals surface area contributed by atoms with Gasteiger partial charge in [0, 0.05) is 61.2 Å². The Morgan fingerprint density at radius 1 is 0.423 bits per heavy atom. The first-order valence-corrected chi connectivity index (χ1v) is 27.1. The minimum absolute atomic E-state index is 0.118. The van der Waals surface area contributed by atoms with Crippen LogP contribution in [0.3, 0.4) is 0 Å². The number of rotatable bonds is 6. The molecule has 1 unspecified atom stereocenters. The van der Waals surface area contributed by atoms with E-state index in [9.17, 15) is 0 Å². The average molecular weight is 997 g/mol. The smallest absolute Gasteiger partial charge is 0.142 e. The molecule has 0 bridgehead atoms. The summed E-state index contributed by atoms with van der Waals surface area (Å²) in [5, 5.41) is 17.4. The number of pyridine rings is 1.